The Balaban J connectivity index is 2.06. The van der Waals surface area contributed by atoms with Gasteiger partial charge in [0.1, 0.15) is 0 Å². The first kappa shape index (κ1) is 12.6. The zero-order chi connectivity index (χ0) is 13.1. The fourth-order valence-corrected chi connectivity index (χ4v) is 2.03. The normalized spacial score (nSPS) is 22.1. The van der Waals surface area contributed by atoms with Crippen LogP contribution >= 0.6 is 0 Å². The van der Waals surface area contributed by atoms with Crippen LogP contribution in [0, 0.1) is 10.1 Å². The summed E-state index contributed by atoms with van der Waals surface area (Å²) in [5, 5.41) is 14.1. The molecule has 1 aliphatic carbocycles. The zero-order valence-corrected chi connectivity index (χ0v) is 10.4. The maximum Gasteiger partial charge on any atom is 0.312 e. The minimum atomic E-state index is -0.442. The molecule has 18 heavy (non-hydrogen) atoms. The highest BCUT2D eigenvalue weighted by Gasteiger charge is 2.29. The summed E-state index contributed by atoms with van der Waals surface area (Å²) in [5.74, 6) is 0.272. The van der Waals surface area contributed by atoms with Gasteiger partial charge in [0.15, 0.2) is 5.75 Å². The molecule has 6 nitrogen and oxygen atoms in total. The molecule has 1 aromatic carbocycles. The molecule has 0 radical (unpaired) electrons. The number of nitrogens with zero attached hydrogens (tertiary/aromatic N) is 1. The molecule has 1 fully saturated rings. The molecule has 0 atom stereocenters. The van der Waals surface area contributed by atoms with Gasteiger partial charge in [-0.3, -0.25) is 10.1 Å². The van der Waals surface area contributed by atoms with Gasteiger partial charge < -0.3 is 14.8 Å². The van der Waals surface area contributed by atoms with Crippen LogP contribution in [0.4, 0.5) is 11.4 Å². The van der Waals surface area contributed by atoms with E-state index in [2.05, 4.69) is 5.32 Å². The van der Waals surface area contributed by atoms with Gasteiger partial charge in [0, 0.05) is 24.9 Å². The van der Waals surface area contributed by atoms with Gasteiger partial charge in [0.05, 0.1) is 18.1 Å². The number of nitro groups is 1. The number of nitrogens with one attached hydrogen (secondary N) is 1. The first-order chi connectivity index (χ1) is 8.63. The second-order valence-electron chi connectivity index (χ2n) is 4.31. The Morgan fingerprint density at radius 3 is 2.67 bits per heavy atom. The van der Waals surface area contributed by atoms with E-state index in [0.29, 0.717) is 12.1 Å². The summed E-state index contributed by atoms with van der Waals surface area (Å²) < 4.78 is 10.1. The third kappa shape index (κ3) is 2.53. The van der Waals surface area contributed by atoms with E-state index >= 15 is 0 Å². The van der Waals surface area contributed by atoms with E-state index in [1.54, 1.807) is 19.2 Å². The number of anilines is 1. The van der Waals surface area contributed by atoms with Crippen LogP contribution in [-0.4, -0.2) is 31.3 Å². The number of nitro benzene ring substituents is 1. The lowest BCUT2D eigenvalue weighted by atomic mass is 9.89. The molecule has 0 heterocycles. The Labute approximate surface area is 105 Å². The van der Waals surface area contributed by atoms with Crippen molar-refractivity contribution >= 4 is 11.4 Å². The minimum Gasteiger partial charge on any atom is -0.490 e. The van der Waals surface area contributed by atoms with Crippen molar-refractivity contribution in [2.45, 2.75) is 25.0 Å². The number of hydrogen-bond donors (Lipinski definition) is 1. The van der Waals surface area contributed by atoms with Crippen molar-refractivity contribution in [3.8, 4) is 5.75 Å². The lowest BCUT2D eigenvalue weighted by Gasteiger charge is -2.35. The molecule has 98 valence electrons. The third-order valence-corrected chi connectivity index (χ3v) is 3.17. The summed E-state index contributed by atoms with van der Waals surface area (Å²) in [6.45, 7) is 0. The first-order valence-electron chi connectivity index (χ1n) is 5.75. The molecule has 6 heteroatoms. The maximum absolute atomic E-state index is 10.9. The van der Waals surface area contributed by atoms with E-state index in [1.807, 2.05) is 0 Å². The fourth-order valence-electron chi connectivity index (χ4n) is 2.03. The second kappa shape index (κ2) is 5.22. The van der Waals surface area contributed by atoms with Crippen molar-refractivity contribution in [2.75, 3.05) is 19.5 Å². The molecule has 0 amide bonds. The van der Waals surface area contributed by atoms with E-state index in [-0.39, 0.29) is 11.4 Å². The maximum atomic E-state index is 10.9. The predicted octanol–water partition coefficient (Wildman–Crippen LogP) is 2.19. The molecule has 0 spiro atoms. The minimum absolute atomic E-state index is 0.0230. The van der Waals surface area contributed by atoms with Gasteiger partial charge in [-0.05, 0) is 25.0 Å². The van der Waals surface area contributed by atoms with Crippen molar-refractivity contribution < 1.29 is 14.4 Å². The van der Waals surface area contributed by atoms with Gasteiger partial charge in [-0.15, -0.1) is 0 Å². The average molecular weight is 252 g/mol. The van der Waals surface area contributed by atoms with E-state index in [1.165, 1.54) is 13.2 Å². The molecule has 0 aliphatic heterocycles. The summed E-state index contributed by atoms with van der Waals surface area (Å²) in [7, 11) is 3.11. The summed E-state index contributed by atoms with van der Waals surface area (Å²) in [5.41, 5.74) is 0.715. The van der Waals surface area contributed by atoms with Crippen LogP contribution in [-0.2, 0) is 4.74 Å². The highest BCUT2D eigenvalue weighted by molar-refractivity contribution is 5.59. The number of benzene rings is 1. The summed E-state index contributed by atoms with van der Waals surface area (Å²) in [6, 6.07) is 5.21. The van der Waals surface area contributed by atoms with Gasteiger partial charge in [-0.2, -0.15) is 0 Å². The smallest absolute Gasteiger partial charge is 0.312 e. The molecule has 0 saturated heterocycles. The molecule has 1 aliphatic rings. The number of methoxy groups -OCH3 is 2. The molecule has 2 rings (SSSR count). The first-order valence-corrected chi connectivity index (χ1v) is 5.75. The van der Waals surface area contributed by atoms with Crippen LogP contribution in [0.1, 0.15) is 12.8 Å². The fraction of sp³-hybridized carbons (Fsp3) is 0.500. The molecule has 0 unspecified atom stereocenters. The second-order valence-corrected chi connectivity index (χ2v) is 4.31. The predicted molar refractivity (Wildman–Crippen MR) is 67.1 cm³/mol. The van der Waals surface area contributed by atoms with Crippen LogP contribution in [0.25, 0.3) is 0 Å². The molecular weight excluding hydrogens is 236 g/mol. The van der Waals surface area contributed by atoms with Crippen molar-refractivity contribution in [3.63, 3.8) is 0 Å². The molecule has 0 aromatic heterocycles. The van der Waals surface area contributed by atoms with Crippen LogP contribution in [0.5, 0.6) is 5.75 Å². The van der Waals surface area contributed by atoms with Crippen LogP contribution in [0.15, 0.2) is 18.2 Å². The van der Waals surface area contributed by atoms with E-state index < -0.39 is 4.92 Å². The monoisotopic (exact) mass is 252 g/mol. The quantitative estimate of drug-likeness (QED) is 0.642. The Hall–Kier alpha value is -1.82. The van der Waals surface area contributed by atoms with Crippen LogP contribution in [0.2, 0.25) is 0 Å². The van der Waals surface area contributed by atoms with Gasteiger partial charge in [0.2, 0.25) is 0 Å². The lowest BCUT2D eigenvalue weighted by molar-refractivity contribution is -0.385. The summed E-state index contributed by atoms with van der Waals surface area (Å²) in [6.07, 6.45) is 2.16. The highest BCUT2D eigenvalue weighted by Crippen LogP contribution is 2.32. The Kier molecular flexibility index (Phi) is 3.66. The van der Waals surface area contributed by atoms with Gasteiger partial charge in [-0.1, -0.05) is 0 Å². The Bertz CT molecular complexity index is 444. The van der Waals surface area contributed by atoms with Gasteiger partial charge in [0.25, 0.3) is 0 Å². The van der Waals surface area contributed by atoms with Crippen LogP contribution in [0.3, 0.4) is 0 Å². The zero-order valence-electron chi connectivity index (χ0n) is 10.4. The standard InChI is InChI=1S/C12H16N2O4/c1-17-10-5-9(6-10)13-8-3-4-12(18-2)11(7-8)14(15)16/h3-4,7,9-10,13H,5-6H2,1-2H3. The lowest BCUT2D eigenvalue weighted by Crippen LogP contribution is -2.40. The van der Waals surface area contributed by atoms with E-state index in [4.69, 9.17) is 9.47 Å². The Morgan fingerprint density at radius 2 is 2.11 bits per heavy atom. The Morgan fingerprint density at radius 1 is 1.39 bits per heavy atom. The molecule has 1 N–H and O–H groups in total. The number of hydrogen-bond acceptors (Lipinski definition) is 5. The highest BCUT2D eigenvalue weighted by atomic mass is 16.6. The van der Waals surface area contributed by atoms with Crippen molar-refractivity contribution in [3.05, 3.63) is 28.3 Å². The van der Waals surface area contributed by atoms with E-state index in [0.717, 1.165) is 18.5 Å². The van der Waals surface area contributed by atoms with Gasteiger partial charge in [-0.25, -0.2) is 0 Å². The molecule has 1 aromatic rings. The largest absolute Gasteiger partial charge is 0.490 e. The summed E-state index contributed by atoms with van der Waals surface area (Å²) in [4.78, 5) is 10.4. The van der Waals surface area contributed by atoms with E-state index in [9.17, 15) is 10.1 Å². The number of ether oxygens (including phenoxy) is 2. The van der Waals surface area contributed by atoms with Crippen molar-refractivity contribution in [1.82, 2.24) is 0 Å². The third-order valence-electron chi connectivity index (χ3n) is 3.17. The molecular formula is C12H16N2O4. The summed E-state index contributed by atoms with van der Waals surface area (Å²) >= 11 is 0. The van der Waals surface area contributed by atoms with Crippen molar-refractivity contribution in [2.24, 2.45) is 0 Å². The molecule has 1 saturated carbocycles. The van der Waals surface area contributed by atoms with Crippen LogP contribution < -0.4 is 10.1 Å². The SMILES string of the molecule is COc1ccc(NC2CC(OC)C2)cc1[N+](=O)[O-]. The number of rotatable bonds is 5. The average Bonchev–Trinajstić information content (AvgIpc) is 2.32. The molecule has 0 bridgehead atoms. The van der Waals surface area contributed by atoms with Gasteiger partial charge >= 0.3 is 5.69 Å². The topological polar surface area (TPSA) is 73.6 Å². The van der Waals surface area contributed by atoms with Crippen molar-refractivity contribution in [1.29, 1.82) is 0 Å².